The van der Waals surface area contributed by atoms with Crippen LogP contribution in [-0.4, -0.2) is 48.5 Å². The monoisotopic (exact) mass is 590 g/mol. The number of aromatic nitrogens is 1. The van der Waals surface area contributed by atoms with Crippen LogP contribution in [0.25, 0.3) is 6.08 Å². The zero-order valence-electron chi connectivity index (χ0n) is 21.4. The Balaban J connectivity index is 1.31. The Kier molecular flexibility index (Phi) is 8.26. The number of nitrogens with zero attached hydrogens (tertiary/aromatic N) is 3. The number of anilines is 1. The number of hydrogen-bond acceptors (Lipinski definition) is 4. The van der Waals surface area contributed by atoms with Crippen LogP contribution in [0.4, 0.5) is 23.7 Å². The third-order valence-electron chi connectivity index (χ3n) is 7.36. The van der Waals surface area contributed by atoms with Crippen molar-refractivity contribution in [3.8, 4) is 5.75 Å². The predicted octanol–water partition coefficient (Wildman–Crippen LogP) is 7.06. The molecule has 0 saturated carbocycles. The van der Waals surface area contributed by atoms with Crippen LogP contribution in [0.5, 0.6) is 5.75 Å². The van der Waals surface area contributed by atoms with Crippen LogP contribution in [-0.2, 0) is 12.0 Å². The van der Waals surface area contributed by atoms with Gasteiger partial charge >= 0.3 is 12.4 Å². The van der Waals surface area contributed by atoms with Gasteiger partial charge in [-0.15, -0.1) is 13.2 Å². The smallest absolute Gasteiger partial charge is 0.406 e. The number of likely N-dealkylation sites (tertiary alicyclic amines) is 1. The number of fused-ring (bicyclic) bond motifs is 2. The fourth-order valence-electron chi connectivity index (χ4n) is 5.36. The number of urea groups is 1. The van der Waals surface area contributed by atoms with Crippen LogP contribution in [0.3, 0.4) is 0 Å². The number of ether oxygens (including phenoxy) is 1. The van der Waals surface area contributed by atoms with Crippen LogP contribution < -0.4 is 15.0 Å². The number of halogens is 5. The molecule has 2 aromatic carbocycles. The minimum atomic E-state index is -4.80. The van der Waals surface area contributed by atoms with Gasteiger partial charge in [0.1, 0.15) is 10.9 Å². The summed E-state index contributed by atoms with van der Waals surface area (Å²) in [5.41, 5.74) is 2.66. The van der Waals surface area contributed by atoms with Crippen molar-refractivity contribution in [2.45, 2.75) is 31.2 Å². The van der Waals surface area contributed by atoms with Crippen LogP contribution in [0.2, 0.25) is 10.2 Å². The van der Waals surface area contributed by atoms with Crippen molar-refractivity contribution >= 4 is 41.0 Å². The molecule has 11 heteroatoms. The molecule has 1 aromatic heterocycles. The molecule has 1 saturated heterocycles. The minimum Gasteiger partial charge on any atom is -0.406 e. The summed E-state index contributed by atoms with van der Waals surface area (Å²) >= 11 is 11.9. The van der Waals surface area contributed by atoms with Gasteiger partial charge in [-0.25, -0.2) is 9.78 Å². The van der Waals surface area contributed by atoms with Gasteiger partial charge < -0.3 is 10.1 Å². The van der Waals surface area contributed by atoms with Crippen molar-refractivity contribution in [3.05, 3.63) is 93.7 Å². The first kappa shape index (κ1) is 28.3. The Hall–Kier alpha value is -3.27. The number of amides is 2. The van der Waals surface area contributed by atoms with E-state index in [1.807, 2.05) is 30.3 Å². The van der Waals surface area contributed by atoms with E-state index in [0.29, 0.717) is 40.8 Å². The van der Waals surface area contributed by atoms with E-state index in [1.54, 1.807) is 23.2 Å². The first-order chi connectivity index (χ1) is 19.1. The average Bonchev–Trinajstić information content (AvgIpc) is 3.22. The second kappa shape index (κ2) is 11.7. The fraction of sp³-hybridized carbons (Fsp3) is 0.310. The Labute approximate surface area is 240 Å². The zero-order chi connectivity index (χ0) is 28.3. The quantitative estimate of drug-likeness (QED) is 0.312. The number of carbonyl (C=O) groups is 1. The summed E-state index contributed by atoms with van der Waals surface area (Å²) in [6.07, 6.45) is 2.26. The van der Waals surface area contributed by atoms with Crippen molar-refractivity contribution in [3.63, 3.8) is 0 Å². The Bertz CT molecular complexity index is 1390. The molecular formula is C29H27Cl2F3N4O2. The van der Waals surface area contributed by atoms with Gasteiger partial charge in [0.2, 0.25) is 0 Å². The normalized spacial score (nSPS) is 16.9. The molecule has 0 unspecified atom stereocenters. The van der Waals surface area contributed by atoms with Crippen molar-refractivity contribution < 1.29 is 22.7 Å². The fourth-order valence-corrected chi connectivity index (χ4v) is 5.68. The lowest BCUT2D eigenvalue weighted by Crippen LogP contribution is -2.47. The highest BCUT2D eigenvalue weighted by Gasteiger charge is 2.47. The Morgan fingerprint density at radius 2 is 1.82 bits per heavy atom. The number of hydrogen-bond donors (Lipinski definition) is 1. The molecule has 2 amide bonds. The highest BCUT2D eigenvalue weighted by molar-refractivity contribution is 6.30. The van der Waals surface area contributed by atoms with Gasteiger partial charge in [-0.3, -0.25) is 9.80 Å². The number of pyridine rings is 1. The van der Waals surface area contributed by atoms with Crippen molar-refractivity contribution in [2.75, 3.05) is 31.1 Å². The summed E-state index contributed by atoms with van der Waals surface area (Å²) in [6.45, 7) is 2.82. The first-order valence-corrected chi connectivity index (χ1v) is 13.6. The van der Waals surface area contributed by atoms with Gasteiger partial charge in [0.05, 0.1) is 0 Å². The second-order valence-electron chi connectivity index (χ2n) is 9.99. The summed E-state index contributed by atoms with van der Waals surface area (Å²) in [5, 5.41) is 3.91. The lowest BCUT2D eigenvalue weighted by atomic mass is 9.74. The third-order valence-corrected chi connectivity index (χ3v) is 7.82. The second-order valence-corrected chi connectivity index (χ2v) is 10.8. The predicted molar refractivity (Wildman–Crippen MR) is 150 cm³/mol. The molecule has 3 heterocycles. The molecular weight excluding hydrogens is 564 g/mol. The van der Waals surface area contributed by atoms with E-state index < -0.39 is 11.8 Å². The molecule has 40 heavy (non-hydrogen) atoms. The Morgan fingerprint density at radius 3 is 2.52 bits per heavy atom. The van der Waals surface area contributed by atoms with E-state index in [0.717, 1.165) is 30.8 Å². The van der Waals surface area contributed by atoms with E-state index in [9.17, 15) is 18.0 Å². The van der Waals surface area contributed by atoms with E-state index in [2.05, 4.69) is 26.0 Å². The van der Waals surface area contributed by atoms with Crippen LogP contribution in [0.15, 0.2) is 66.9 Å². The standard InChI is InChI=1S/C29H27Cl2F3N4O2/c30-22-5-3-20(4-6-22)2-1-13-37-14-10-28(11-15-37)19-38(27(39)36-18-21-9-12-35-26(31)16-21)25-8-7-23(17-24(25)28)40-29(32,33)34/h1-9,12,16-17H,10-11,13-15,18-19H2,(H,36,39)/b2-1+. The van der Waals surface area contributed by atoms with Gasteiger partial charge in [-0.2, -0.15) is 0 Å². The highest BCUT2D eigenvalue weighted by atomic mass is 35.5. The van der Waals surface area contributed by atoms with Crippen LogP contribution in [0.1, 0.15) is 29.5 Å². The summed E-state index contributed by atoms with van der Waals surface area (Å²) in [7, 11) is 0. The average molecular weight is 591 g/mol. The van der Waals surface area contributed by atoms with E-state index in [4.69, 9.17) is 23.2 Å². The number of benzene rings is 2. The molecule has 2 aliphatic heterocycles. The third kappa shape index (κ3) is 6.71. The molecule has 0 atom stereocenters. The maximum atomic E-state index is 13.3. The van der Waals surface area contributed by atoms with E-state index in [1.165, 1.54) is 18.2 Å². The van der Waals surface area contributed by atoms with Gasteiger partial charge in [-0.1, -0.05) is 47.5 Å². The first-order valence-electron chi connectivity index (χ1n) is 12.8. The number of alkyl halides is 3. The Morgan fingerprint density at radius 1 is 1.07 bits per heavy atom. The molecule has 1 spiro atoms. The van der Waals surface area contributed by atoms with E-state index >= 15 is 0 Å². The van der Waals surface area contributed by atoms with Crippen LogP contribution in [0, 0.1) is 0 Å². The molecule has 3 aromatic rings. The lowest BCUT2D eigenvalue weighted by molar-refractivity contribution is -0.274. The minimum absolute atomic E-state index is 0.239. The van der Waals surface area contributed by atoms with Gasteiger partial charge in [0, 0.05) is 42.0 Å². The molecule has 0 radical (unpaired) electrons. The molecule has 5 rings (SSSR count). The maximum absolute atomic E-state index is 13.3. The SMILES string of the molecule is O=C(NCc1ccnc(Cl)c1)N1CC2(CCN(C/C=C/c3ccc(Cl)cc3)CC2)c2cc(OC(F)(F)F)ccc21. The van der Waals surface area contributed by atoms with Crippen molar-refractivity contribution in [2.24, 2.45) is 0 Å². The molecule has 0 bridgehead atoms. The topological polar surface area (TPSA) is 57.7 Å². The summed E-state index contributed by atoms with van der Waals surface area (Å²) in [4.78, 5) is 21.2. The number of rotatable bonds is 6. The highest BCUT2D eigenvalue weighted by Crippen LogP contribution is 2.48. The summed E-state index contributed by atoms with van der Waals surface area (Å²) in [5.74, 6) is -0.285. The maximum Gasteiger partial charge on any atom is 0.573 e. The molecule has 1 fully saturated rings. The zero-order valence-corrected chi connectivity index (χ0v) is 22.9. The molecule has 0 aliphatic carbocycles. The van der Waals surface area contributed by atoms with Gasteiger partial charge in [0.15, 0.2) is 0 Å². The van der Waals surface area contributed by atoms with Gasteiger partial charge in [0.25, 0.3) is 0 Å². The number of piperidine rings is 1. The summed E-state index contributed by atoms with van der Waals surface area (Å²) in [6, 6.07) is 14.9. The molecule has 1 N–H and O–H groups in total. The molecule has 6 nitrogen and oxygen atoms in total. The molecule has 210 valence electrons. The largest absolute Gasteiger partial charge is 0.573 e. The summed E-state index contributed by atoms with van der Waals surface area (Å²) < 4.78 is 43.2. The number of nitrogens with one attached hydrogen (secondary N) is 1. The number of carbonyl (C=O) groups excluding carboxylic acids is 1. The van der Waals surface area contributed by atoms with Crippen molar-refractivity contribution in [1.82, 2.24) is 15.2 Å². The van der Waals surface area contributed by atoms with Crippen LogP contribution >= 0.6 is 23.2 Å². The van der Waals surface area contributed by atoms with Crippen molar-refractivity contribution in [1.29, 1.82) is 0 Å². The molecule has 2 aliphatic rings. The van der Waals surface area contributed by atoms with Gasteiger partial charge in [-0.05, 0) is 85.1 Å². The van der Waals surface area contributed by atoms with E-state index in [-0.39, 0.29) is 18.3 Å². The lowest BCUT2D eigenvalue weighted by Gasteiger charge is -2.39.